The average molecular weight is 265 g/mol. The number of alkyl halides is 1. The van der Waals surface area contributed by atoms with Crippen LogP contribution in [-0.2, 0) is 0 Å². The van der Waals surface area contributed by atoms with E-state index < -0.39 is 0 Å². The Morgan fingerprint density at radius 2 is 1.80 bits per heavy atom. The van der Waals surface area contributed by atoms with Crippen LogP contribution in [0.2, 0.25) is 0 Å². The summed E-state index contributed by atoms with van der Waals surface area (Å²) in [6.45, 7) is 11.8. The third kappa shape index (κ3) is 4.30. The molecule has 0 spiro atoms. The van der Waals surface area contributed by atoms with Crippen LogP contribution in [0.1, 0.15) is 17.3 Å². The molecule has 0 bridgehead atoms. The molecule has 0 saturated heterocycles. The van der Waals surface area contributed by atoms with E-state index in [1.807, 2.05) is 31.2 Å². The van der Waals surface area contributed by atoms with Gasteiger partial charge in [-0.1, -0.05) is 65.0 Å². The summed E-state index contributed by atoms with van der Waals surface area (Å²) in [6.07, 6.45) is 3.95. The molecule has 0 heterocycles. The van der Waals surface area contributed by atoms with E-state index in [4.69, 9.17) is 0 Å². The van der Waals surface area contributed by atoms with E-state index in [1.165, 1.54) is 11.1 Å². The van der Waals surface area contributed by atoms with E-state index in [9.17, 15) is 0 Å². The van der Waals surface area contributed by atoms with E-state index in [0.29, 0.717) is 0 Å². The van der Waals surface area contributed by atoms with Gasteiger partial charge in [-0.2, -0.15) is 0 Å². The molecule has 0 N–H and O–H groups in total. The topological polar surface area (TPSA) is 0 Å². The Bertz CT molecular complexity index is 311. The molecule has 0 aromatic heterocycles. The van der Waals surface area contributed by atoms with Crippen LogP contribution < -0.4 is 0 Å². The number of benzene rings is 1. The minimum Gasteiger partial charge on any atom is -0.106 e. The van der Waals surface area contributed by atoms with Gasteiger partial charge in [-0.25, -0.2) is 0 Å². The van der Waals surface area contributed by atoms with Crippen LogP contribution in [0, 0.1) is 0 Å². The molecule has 1 rings (SSSR count). The summed E-state index contributed by atoms with van der Waals surface area (Å²) in [6, 6.07) is 10.3. The van der Waals surface area contributed by atoms with Crippen molar-refractivity contribution in [2.24, 2.45) is 0 Å². The van der Waals surface area contributed by atoms with Gasteiger partial charge in [-0.15, -0.1) is 13.2 Å². The van der Waals surface area contributed by atoms with Gasteiger partial charge in [-0.05, 0) is 18.1 Å². The van der Waals surface area contributed by atoms with Crippen molar-refractivity contribution in [3.05, 3.63) is 73.4 Å². The highest BCUT2D eigenvalue weighted by atomic mass is 79.9. The molecular formula is C14H17Br. The predicted molar refractivity (Wildman–Crippen MR) is 73.3 cm³/mol. The van der Waals surface area contributed by atoms with Gasteiger partial charge in [0, 0.05) is 0 Å². The predicted octanol–water partition coefficient (Wildman–Crippen LogP) is 5.06. The van der Waals surface area contributed by atoms with Gasteiger partial charge < -0.3 is 0 Å². The Labute approximate surface area is 101 Å². The first kappa shape index (κ1) is 13.9. The molecule has 1 aromatic carbocycles. The third-order valence-corrected chi connectivity index (χ3v) is 3.01. The molecule has 1 aromatic rings. The summed E-state index contributed by atoms with van der Waals surface area (Å²) in [5.41, 5.74) is 2.46. The number of rotatable bonds is 3. The first-order chi connectivity index (χ1) is 7.29. The number of hydrogen-bond acceptors (Lipinski definition) is 0. The van der Waals surface area contributed by atoms with E-state index in [1.54, 1.807) is 0 Å². The summed E-state index contributed by atoms with van der Waals surface area (Å²) >= 11 is 3.63. The van der Waals surface area contributed by atoms with Gasteiger partial charge in [0.25, 0.3) is 0 Å². The first-order valence-electron chi connectivity index (χ1n) is 4.77. The number of hydrogen-bond donors (Lipinski definition) is 0. The second-order valence-electron chi connectivity index (χ2n) is 2.77. The Morgan fingerprint density at radius 1 is 1.27 bits per heavy atom. The van der Waals surface area contributed by atoms with Gasteiger partial charge in [0.2, 0.25) is 0 Å². The second kappa shape index (κ2) is 8.25. The van der Waals surface area contributed by atoms with Crippen LogP contribution >= 0.6 is 15.9 Å². The molecule has 0 saturated carbocycles. The molecule has 1 atom stereocenters. The molecule has 0 amide bonds. The molecule has 0 aliphatic heterocycles. The fourth-order valence-corrected chi connectivity index (χ4v) is 1.94. The van der Waals surface area contributed by atoms with Crippen molar-refractivity contribution in [2.45, 2.75) is 11.8 Å². The van der Waals surface area contributed by atoms with E-state index in [0.717, 1.165) is 0 Å². The van der Waals surface area contributed by atoms with Crippen LogP contribution in [-0.4, -0.2) is 0 Å². The quantitative estimate of drug-likeness (QED) is 0.407. The molecule has 0 aliphatic carbocycles. The lowest BCUT2D eigenvalue weighted by molar-refractivity contribution is 1.17. The molecule has 1 unspecified atom stereocenters. The van der Waals surface area contributed by atoms with Crippen LogP contribution in [0.4, 0.5) is 0 Å². The normalized spacial score (nSPS) is 12.3. The highest BCUT2D eigenvalue weighted by molar-refractivity contribution is 9.09. The lowest BCUT2D eigenvalue weighted by Crippen LogP contribution is -1.91. The maximum absolute atomic E-state index is 3.78. The van der Waals surface area contributed by atoms with Crippen LogP contribution in [0.3, 0.4) is 0 Å². The maximum Gasteiger partial charge on any atom is 0.0641 e. The summed E-state index contributed by atoms with van der Waals surface area (Å²) in [7, 11) is 0. The highest BCUT2D eigenvalue weighted by Crippen LogP contribution is 2.30. The zero-order chi connectivity index (χ0) is 11.7. The first-order valence-corrected chi connectivity index (χ1v) is 5.68. The summed E-state index contributed by atoms with van der Waals surface area (Å²) in [4.78, 5) is 0.260. The van der Waals surface area contributed by atoms with Crippen LogP contribution in [0.25, 0.3) is 0 Å². The molecular weight excluding hydrogens is 248 g/mol. The van der Waals surface area contributed by atoms with Gasteiger partial charge in [-0.3, -0.25) is 0 Å². The van der Waals surface area contributed by atoms with Crippen molar-refractivity contribution in [2.75, 3.05) is 0 Å². The average Bonchev–Trinajstić information content (AvgIpc) is 2.34. The van der Waals surface area contributed by atoms with Crippen LogP contribution in [0.5, 0.6) is 0 Å². The standard InChI is InChI=1S/C12H13Br.C2H4/c1-3-10(4-2)12(13)11-8-6-5-7-9-11;1-2/h3-9,12H,1H2,2H3;1-2H2/b10-4+;. The van der Waals surface area contributed by atoms with Gasteiger partial charge >= 0.3 is 0 Å². The lowest BCUT2D eigenvalue weighted by Gasteiger charge is -2.10. The Hall–Kier alpha value is -1.08. The minimum absolute atomic E-state index is 0.260. The van der Waals surface area contributed by atoms with E-state index in [-0.39, 0.29) is 4.83 Å². The Balaban J connectivity index is 0.000000921. The molecule has 0 radical (unpaired) electrons. The molecule has 80 valence electrons. The van der Waals surface area contributed by atoms with Gasteiger partial charge in [0.1, 0.15) is 0 Å². The fourth-order valence-electron chi connectivity index (χ4n) is 1.18. The smallest absolute Gasteiger partial charge is 0.0641 e. The van der Waals surface area contributed by atoms with Crippen molar-refractivity contribution in [1.29, 1.82) is 0 Å². The van der Waals surface area contributed by atoms with E-state index in [2.05, 4.69) is 53.9 Å². The van der Waals surface area contributed by atoms with Crippen molar-refractivity contribution < 1.29 is 0 Å². The lowest BCUT2D eigenvalue weighted by atomic mass is 10.1. The van der Waals surface area contributed by atoms with Crippen molar-refractivity contribution in [3.63, 3.8) is 0 Å². The molecule has 1 heteroatoms. The van der Waals surface area contributed by atoms with Crippen molar-refractivity contribution >= 4 is 15.9 Å². The molecule has 0 nitrogen and oxygen atoms in total. The second-order valence-corrected chi connectivity index (χ2v) is 3.68. The highest BCUT2D eigenvalue weighted by Gasteiger charge is 2.08. The summed E-state index contributed by atoms with van der Waals surface area (Å²) < 4.78 is 0. The number of allylic oxidation sites excluding steroid dienone is 3. The molecule has 15 heavy (non-hydrogen) atoms. The number of halogens is 1. The Morgan fingerprint density at radius 3 is 2.20 bits per heavy atom. The zero-order valence-electron chi connectivity index (χ0n) is 9.12. The fraction of sp³-hybridized carbons (Fsp3) is 0.143. The van der Waals surface area contributed by atoms with Crippen molar-refractivity contribution in [1.82, 2.24) is 0 Å². The van der Waals surface area contributed by atoms with Crippen LogP contribution in [0.15, 0.2) is 67.8 Å². The molecule has 0 fully saturated rings. The summed E-state index contributed by atoms with van der Waals surface area (Å²) in [5.74, 6) is 0. The Kier molecular flexibility index (Phi) is 7.65. The maximum atomic E-state index is 3.78. The largest absolute Gasteiger partial charge is 0.106 e. The minimum atomic E-state index is 0.260. The third-order valence-electron chi connectivity index (χ3n) is 1.95. The monoisotopic (exact) mass is 264 g/mol. The molecule has 0 aliphatic rings. The zero-order valence-corrected chi connectivity index (χ0v) is 10.7. The van der Waals surface area contributed by atoms with E-state index >= 15 is 0 Å². The van der Waals surface area contributed by atoms with Gasteiger partial charge in [0.05, 0.1) is 4.83 Å². The summed E-state index contributed by atoms with van der Waals surface area (Å²) in [5, 5.41) is 0. The van der Waals surface area contributed by atoms with Crippen molar-refractivity contribution in [3.8, 4) is 0 Å². The van der Waals surface area contributed by atoms with Gasteiger partial charge in [0.15, 0.2) is 0 Å². The SMILES string of the molecule is C=C.C=C/C(=C\C)C(Br)c1ccccc1.